The summed E-state index contributed by atoms with van der Waals surface area (Å²) in [4.78, 5) is 16.7. The number of fused-ring (bicyclic) bond motifs is 1. The predicted molar refractivity (Wildman–Crippen MR) is 77.2 cm³/mol. The van der Waals surface area contributed by atoms with Crippen molar-refractivity contribution in [2.45, 2.75) is 19.9 Å². The maximum atomic E-state index is 12.2. The van der Waals surface area contributed by atoms with Gasteiger partial charge in [0.15, 0.2) is 0 Å². The Labute approximate surface area is 115 Å². The minimum absolute atomic E-state index is 0.0875. The first kappa shape index (κ1) is 13.8. The Morgan fingerprint density at radius 3 is 2.89 bits per heavy atom. The Morgan fingerprint density at radius 2 is 2.32 bits per heavy atom. The second kappa shape index (κ2) is 5.54. The summed E-state index contributed by atoms with van der Waals surface area (Å²) in [5.74, 6) is -0.0855. The lowest BCUT2D eigenvalue weighted by atomic mass is 10.1. The largest absolute Gasteiger partial charge is 0.397 e. The van der Waals surface area contributed by atoms with Gasteiger partial charge in [0.2, 0.25) is 0 Å². The SMILES string of the molecule is CC(C)C(CO)NC(=O)c1sc2cnccc2c1N. The summed E-state index contributed by atoms with van der Waals surface area (Å²) in [6, 6.07) is 1.53. The zero-order valence-corrected chi connectivity index (χ0v) is 11.7. The van der Waals surface area contributed by atoms with E-state index < -0.39 is 0 Å². The normalized spacial score (nSPS) is 12.8. The quantitative estimate of drug-likeness (QED) is 0.793. The molecule has 0 aliphatic rings. The van der Waals surface area contributed by atoms with E-state index >= 15 is 0 Å². The fourth-order valence-corrected chi connectivity index (χ4v) is 2.79. The molecule has 1 amide bonds. The third-order valence-electron chi connectivity index (χ3n) is 3.06. The molecule has 5 nitrogen and oxygen atoms in total. The maximum absolute atomic E-state index is 12.2. The number of nitrogens with zero attached hydrogens (tertiary/aromatic N) is 1. The van der Waals surface area contributed by atoms with Crippen molar-refractivity contribution in [3.05, 3.63) is 23.3 Å². The first-order chi connectivity index (χ1) is 9.04. The predicted octanol–water partition coefficient (Wildman–Crippen LogP) is 1.63. The van der Waals surface area contributed by atoms with Crippen LogP contribution >= 0.6 is 11.3 Å². The van der Waals surface area contributed by atoms with Crippen LogP contribution in [0.2, 0.25) is 0 Å². The average Bonchev–Trinajstić information content (AvgIpc) is 2.73. The van der Waals surface area contributed by atoms with E-state index in [1.807, 2.05) is 13.8 Å². The molecule has 0 saturated heterocycles. The third kappa shape index (κ3) is 2.69. The number of carbonyl (C=O) groups excluding carboxylic acids is 1. The smallest absolute Gasteiger partial charge is 0.263 e. The Kier molecular flexibility index (Phi) is 4.01. The molecule has 2 heterocycles. The minimum atomic E-state index is -0.268. The second-order valence-corrected chi connectivity index (χ2v) is 5.78. The Bertz CT molecular complexity index is 595. The van der Waals surface area contributed by atoms with Crippen molar-refractivity contribution in [1.82, 2.24) is 10.3 Å². The number of hydrogen-bond acceptors (Lipinski definition) is 5. The van der Waals surface area contributed by atoms with Crippen molar-refractivity contribution in [1.29, 1.82) is 0 Å². The fourth-order valence-electron chi connectivity index (χ4n) is 1.80. The van der Waals surface area contributed by atoms with Crippen LogP contribution < -0.4 is 11.1 Å². The topological polar surface area (TPSA) is 88.2 Å². The van der Waals surface area contributed by atoms with Crippen LogP contribution in [-0.2, 0) is 0 Å². The lowest BCUT2D eigenvalue weighted by molar-refractivity contribution is 0.0902. The molecule has 0 spiro atoms. The number of thiophene rings is 1. The van der Waals surface area contributed by atoms with Gasteiger partial charge in [0.05, 0.1) is 23.0 Å². The van der Waals surface area contributed by atoms with Crippen molar-refractivity contribution < 1.29 is 9.90 Å². The van der Waals surface area contributed by atoms with E-state index in [0.717, 1.165) is 10.1 Å². The number of aromatic nitrogens is 1. The molecule has 1 atom stereocenters. The molecule has 102 valence electrons. The zero-order chi connectivity index (χ0) is 14.0. The molecule has 2 aromatic heterocycles. The number of aliphatic hydroxyl groups is 1. The molecule has 0 bridgehead atoms. The molecule has 19 heavy (non-hydrogen) atoms. The summed E-state index contributed by atoms with van der Waals surface area (Å²) in [5, 5.41) is 12.9. The van der Waals surface area contributed by atoms with Crippen molar-refractivity contribution in [2.24, 2.45) is 5.92 Å². The summed E-state index contributed by atoms with van der Waals surface area (Å²) in [6.07, 6.45) is 3.34. The van der Waals surface area contributed by atoms with Crippen LogP contribution in [0, 0.1) is 5.92 Å². The van der Waals surface area contributed by atoms with Crippen LogP contribution in [0.4, 0.5) is 5.69 Å². The first-order valence-electron chi connectivity index (χ1n) is 6.08. The highest BCUT2D eigenvalue weighted by Crippen LogP contribution is 2.32. The van der Waals surface area contributed by atoms with Crippen LogP contribution in [0.3, 0.4) is 0 Å². The highest BCUT2D eigenvalue weighted by Gasteiger charge is 2.20. The maximum Gasteiger partial charge on any atom is 0.263 e. The molecular weight excluding hydrogens is 262 g/mol. The molecule has 4 N–H and O–H groups in total. The van der Waals surface area contributed by atoms with Crippen molar-refractivity contribution >= 4 is 33.0 Å². The van der Waals surface area contributed by atoms with Gasteiger partial charge >= 0.3 is 0 Å². The Morgan fingerprint density at radius 1 is 1.58 bits per heavy atom. The van der Waals surface area contributed by atoms with Crippen LogP contribution in [0.25, 0.3) is 10.1 Å². The van der Waals surface area contributed by atoms with Crippen LogP contribution in [0.5, 0.6) is 0 Å². The van der Waals surface area contributed by atoms with E-state index in [9.17, 15) is 9.90 Å². The van der Waals surface area contributed by atoms with Gasteiger partial charge in [0.25, 0.3) is 5.91 Å². The molecule has 2 rings (SSSR count). The number of rotatable bonds is 4. The number of nitrogens with one attached hydrogen (secondary N) is 1. The number of amides is 1. The number of nitrogens with two attached hydrogens (primary N) is 1. The highest BCUT2D eigenvalue weighted by atomic mass is 32.1. The van der Waals surface area contributed by atoms with Gasteiger partial charge < -0.3 is 16.2 Å². The van der Waals surface area contributed by atoms with Crippen LogP contribution in [0.15, 0.2) is 18.5 Å². The van der Waals surface area contributed by atoms with Crippen LogP contribution in [-0.4, -0.2) is 28.6 Å². The Hall–Kier alpha value is -1.66. The van der Waals surface area contributed by atoms with Crippen LogP contribution in [0.1, 0.15) is 23.5 Å². The Balaban J connectivity index is 2.29. The molecule has 6 heteroatoms. The summed E-state index contributed by atoms with van der Waals surface area (Å²) >= 11 is 1.32. The molecule has 0 aromatic carbocycles. The van der Waals surface area contributed by atoms with E-state index in [1.165, 1.54) is 11.3 Å². The molecular formula is C13H17N3O2S. The second-order valence-electron chi connectivity index (χ2n) is 4.72. The highest BCUT2D eigenvalue weighted by molar-refractivity contribution is 7.21. The molecule has 0 saturated carbocycles. The number of hydrogen-bond donors (Lipinski definition) is 3. The number of aliphatic hydroxyl groups excluding tert-OH is 1. The van der Waals surface area contributed by atoms with Gasteiger partial charge in [-0.05, 0) is 12.0 Å². The van der Waals surface area contributed by atoms with Crippen molar-refractivity contribution in [3.63, 3.8) is 0 Å². The summed E-state index contributed by atoms with van der Waals surface area (Å²) in [6.45, 7) is 3.80. The van der Waals surface area contributed by atoms with Gasteiger partial charge in [-0.2, -0.15) is 0 Å². The van der Waals surface area contributed by atoms with E-state index in [-0.39, 0.29) is 24.5 Å². The molecule has 0 radical (unpaired) electrons. The molecule has 0 fully saturated rings. The minimum Gasteiger partial charge on any atom is -0.397 e. The molecule has 2 aromatic rings. The van der Waals surface area contributed by atoms with Gasteiger partial charge in [-0.3, -0.25) is 9.78 Å². The number of carbonyl (C=O) groups is 1. The molecule has 0 aliphatic carbocycles. The fraction of sp³-hybridized carbons (Fsp3) is 0.385. The number of anilines is 1. The van der Waals surface area contributed by atoms with Gasteiger partial charge in [-0.15, -0.1) is 11.3 Å². The van der Waals surface area contributed by atoms with Gasteiger partial charge in [0.1, 0.15) is 4.88 Å². The van der Waals surface area contributed by atoms with E-state index in [0.29, 0.717) is 10.6 Å². The average molecular weight is 279 g/mol. The van der Waals surface area contributed by atoms with E-state index in [2.05, 4.69) is 10.3 Å². The lowest BCUT2D eigenvalue weighted by Crippen LogP contribution is -2.41. The standard InChI is InChI=1S/C13H17N3O2S/c1-7(2)9(6-17)16-13(18)12-11(14)8-3-4-15-5-10(8)19-12/h3-5,7,9,17H,6,14H2,1-2H3,(H,16,18). The zero-order valence-electron chi connectivity index (χ0n) is 10.9. The lowest BCUT2D eigenvalue weighted by Gasteiger charge is -2.19. The molecule has 1 unspecified atom stereocenters. The van der Waals surface area contributed by atoms with Gasteiger partial charge in [-0.25, -0.2) is 0 Å². The number of pyridine rings is 1. The summed E-state index contributed by atoms with van der Waals surface area (Å²) < 4.78 is 0.884. The third-order valence-corrected chi connectivity index (χ3v) is 4.21. The van der Waals surface area contributed by atoms with Crippen molar-refractivity contribution in [3.8, 4) is 0 Å². The van der Waals surface area contributed by atoms with Gasteiger partial charge in [0, 0.05) is 17.8 Å². The number of nitrogen functional groups attached to an aromatic ring is 1. The molecule has 0 aliphatic heterocycles. The summed E-state index contributed by atoms with van der Waals surface area (Å²) in [5.41, 5.74) is 6.47. The van der Waals surface area contributed by atoms with E-state index in [1.54, 1.807) is 18.5 Å². The van der Waals surface area contributed by atoms with Gasteiger partial charge in [-0.1, -0.05) is 13.8 Å². The van der Waals surface area contributed by atoms with E-state index in [4.69, 9.17) is 5.73 Å². The first-order valence-corrected chi connectivity index (χ1v) is 6.90. The monoisotopic (exact) mass is 279 g/mol. The van der Waals surface area contributed by atoms with Crippen molar-refractivity contribution in [2.75, 3.05) is 12.3 Å². The summed E-state index contributed by atoms with van der Waals surface area (Å²) in [7, 11) is 0.